The number of rotatable bonds is 6. The van der Waals surface area contributed by atoms with E-state index in [2.05, 4.69) is 9.47 Å². The smallest absolute Gasteiger partial charge is 0.449 e. The first-order valence-corrected chi connectivity index (χ1v) is 8.07. The van der Waals surface area contributed by atoms with Gasteiger partial charge in [0.05, 0.1) is 12.0 Å². The molecule has 1 saturated heterocycles. The molecule has 4 N–H and O–H groups in total. The van der Waals surface area contributed by atoms with Crippen molar-refractivity contribution in [3.05, 3.63) is 10.1 Å². The highest BCUT2D eigenvalue weighted by Gasteiger charge is 2.57. The Kier molecular flexibility index (Phi) is 5.08. The first-order valence-electron chi connectivity index (χ1n) is 6.20. The zero-order valence-corrected chi connectivity index (χ0v) is 13.1. The van der Waals surface area contributed by atoms with Gasteiger partial charge in [-0.15, -0.1) is 11.8 Å². The fraction of sp³-hybridized carbons (Fsp3) is 0.545. The molecule has 1 fully saturated rings. The van der Waals surface area contributed by atoms with Crippen LogP contribution in [0.5, 0.6) is 0 Å². The summed E-state index contributed by atoms with van der Waals surface area (Å²) in [6.07, 6.45) is -3.27. The molecule has 0 aromatic rings. The largest absolute Gasteiger partial charge is 0.512 e. The molecule has 0 aromatic heterocycles. The van der Waals surface area contributed by atoms with E-state index in [4.69, 9.17) is 10.8 Å². The first kappa shape index (κ1) is 16.8. The summed E-state index contributed by atoms with van der Waals surface area (Å²) in [5.41, 5.74) is 4.83. The Morgan fingerprint density at radius 1 is 1.55 bits per heavy atom. The lowest BCUT2D eigenvalue weighted by molar-refractivity contribution is -0.155. The Morgan fingerprint density at radius 2 is 2.23 bits per heavy atom. The predicted octanol–water partition coefficient (Wildman–Crippen LogP) is 0.548. The van der Waals surface area contributed by atoms with E-state index < -0.39 is 24.3 Å². The van der Waals surface area contributed by atoms with E-state index in [0.717, 1.165) is 0 Å². The Balaban J connectivity index is 2.05. The number of nitrogens with two attached hydrogens (primary N) is 1. The van der Waals surface area contributed by atoms with Crippen molar-refractivity contribution in [3.63, 3.8) is 0 Å². The molecule has 122 valence electrons. The molecular formula is C11H14N2O7S2. The molecule has 2 heterocycles. The molecule has 11 heteroatoms. The van der Waals surface area contributed by atoms with Crippen LogP contribution in [0.3, 0.4) is 0 Å². The van der Waals surface area contributed by atoms with Gasteiger partial charge in [0.25, 0.3) is 0 Å². The number of nitrogens with zero attached hydrogens (tertiary/aromatic N) is 1. The number of carbonyl (C=O) groups excluding carboxylic acids is 2. The van der Waals surface area contributed by atoms with E-state index in [0.29, 0.717) is 9.99 Å². The minimum atomic E-state index is -1.53. The molecule has 3 atom stereocenters. The van der Waals surface area contributed by atoms with Gasteiger partial charge in [0.2, 0.25) is 11.8 Å². The molecule has 2 aliphatic rings. The van der Waals surface area contributed by atoms with Gasteiger partial charge in [-0.1, -0.05) is 11.8 Å². The number of aliphatic hydroxyl groups is 1. The second-order valence-electron chi connectivity index (χ2n) is 4.46. The third kappa shape index (κ3) is 3.25. The van der Waals surface area contributed by atoms with Crippen molar-refractivity contribution in [2.75, 3.05) is 12.4 Å². The van der Waals surface area contributed by atoms with Crippen LogP contribution in [0, 0.1) is 5.92 Å². The summed E-state index contributed by atoms with van der Waals surface area (Å²) in [5, 5.41) is 18.0. The molecule has 9 nitrogen and oxygen atoms in total. The van der Waals surface area contributed by atoms with Gasteiger partial charge in [0.15, 0.2) is 0 Å². The number of ether oxygens (including phenoxy) is 2. The number of hydrogen-bond acceptors (Lipinski definition) is 8. The number of thioether (sulfide) groups is 2. The molecule has 22 heavy (non-hydrogen) atoms. The fourth-order valence-electron chi connectivity index (χ4n) is 2.08. The lowest BCUT2D eigenvalue weighted by atomic mass is 9.93. The van der Waals surface area contributed by atoms with E-state index in [9.17, 15) is 19.5 Å². The molecule has 2 amide bonds. The van der Waals surface area contributed by atoms with Crippen LogP contribution in [-0.2, 0) is 14.3 Å². The lowest BCUT2D eigenvalue weighted by Gasteiger charge is -2.43. The molecule has 0 spiro atoms. The number of fused-ring (bicyclic) bond motifs is 1. The van der Waals surface area contributed by atoms with Crippen molar-refractivity contribution in [1.29, 1.82) is 0 Å². The Hall–Kier alpha value is -1.59. The predicted molar refractivity (Wildman–Crippen MR) is 77.5 cm³/mol. The van der Waals surface area contributed by atoms with Crippen molar-refractivity contribution in [1.82, 2.24) is 4.90 Å². The van der Waals surface area contributed by atoms with E-state index in [1.165, 1.54) is 35.3 Å². The van der Waals surface area contributed by atoms with Gasteiger partial charge < -0.3 is 25.4 Å². The maximum atomic E-state index is 12.0. The summed E-state index contributed by atoms with van der Waals surface area (Å²) in [4.78, 5) is 34.4. The number of hydrogen-bond donors (Lipinski definition) is 3. The van der Waals surface area contributed by atoms with E-state index in [1.807, 2.05) is 0 Å². The van der Waals surface area contributed by atoms with Crippen LogP contribution in [0.1, 0.15) is 6.92 Å². The Bertz CT molecular complexity index is 537. The van der Waals surface area contributed by atoms with Gasteiger partial charge in [-0.2, -0.15) is 0 Å². The van der Waals surface area contributed by atoms with Crippen molar-refractivity contribution in [3.8, 4) is 0 Å². The standard InChI is InChI=1S/C11H14N2O7S2/c1-4(14)5-6(15)13-7(20-11(17)18)9(22-8(5)13)21-3-2-19-10(12)16/h4-5,8,14H,2-3H2,1H3,(H2,12,16)(H,17,18)/t4-,5+,8-/m1/s1. The number of carbonyl (C=O) groups is 3. The fourth-order valence-corrected chi connectivity index (χ4v) is 4.77. The van der Waals surface area contributed by atoms with Gasteiger partial charge in [-0.3, -0.25) is 9.69 Å². The first-order chi connectivity index (χ1) is 10.3. The molecule has 2 aliphatic heterocycles. The minimum absolute atomic E-state index is 0.0445. The molecule has 0 saturated carbocycles. The van der Waals surface area contributed by atoms with Crippen LogP contribution in [0.15, 0.2) is 10.1 Å². The number of amides is 2. The molecular weight excluding hydrogens is 336 g/mol. The van der Waals surface area contributed by atoms with Gasteiger partial charge in [0.1, 0.15) is 16.2 Å². The summed E-state index contributed by atoms with van der Waals surface area (Å²) in [6.45, 7) is 1.55. The Morgan fingerprint density at radius 3 is 2.77 bits per heavy atom. The highest BCUT2D eigenvalue weighted by molar-refractivity contribution is 8.22. The van der Waals surface area contributed by atoms with Crippen LogP contribution in [0.25, 0.3) is 0 Å². The third-order valence-electron chi connectivity index (χ3n) is 2.97. The summed E-state index contributed by atoms with van der Waals surface area (Å²) in [7, 11) is 0. The number of aliphatic hydroxyl groups excluding tert-OH is 1. The molecule has 0 aliphatic carbocycles. The van der Waals surface area contributed by atoms with Crippen molar-refractivity contribution in [2.24, 2.45) is 11.7 Å². The molecule has 2 rings (SSSR count). The minimum Gasteiger partial charge on any atom is -0.449 e. The summed E-state index contributed by atoms with van der Waals surface area (Å²) in [6, 6.07) is 0. The zero-order chi connectivity index (χ0) is 16.4. The average molecular weight is 350 g/mol. The second kappa shape index (κ2) is 6.67. The summed E-state index contributed by atoms with van der Waals surface area (Å²) in [5.74, 6) is -0.718. The third-order valence-corrected chi connectivity index (χ3v) is 5.55. The number of primary amides is 1. The van der Waals surface area contributed by atoms with Crippen LogP contribution in [0.4, 0.5) is 9.59 Å². The topological polar surface area (TPSA) is 139 Å². The maximum absolute atomic E-state index is 12.0. The van der Waals surface area contributed by atoms with Gasteiger partial charge in [0, 0.05) is 5.75 Å². The van der Waals surface area contributed by atoms with Crippen LogP contribution in [0.2, 0.25) is 0 Å². The van der Waals surface area contributed by atoms with Gasteiger partial charge in [-0.05, 0) is 6.92 Å². The monoisotopic (exact) mass is 350 g/mol. The van der Waals surface area contributed by atoms with Crippen LogP contribution in [-0.4, -0.2) is 57.1 Å². The highest BCUT2D eigenvalue weighted by Crippen LogP contribution is 2.53. The van der Waals surface area contributed by atoms with Crippen molar-refractivity contribution < 1.29 is 34.1 Å². The SMILES string of the molecule is C[C@@H](O)[C@H]1C(=O)N2C(OC(=O)O)=C(SCCOC(N)=O)S[C@H]12. The molecule has 0 aromatic carbocycles. The lowest BCUT2D eigenvalue weighted by Crippen LogP contribution is -2.60. The molecule has 0 radical (unpaired) electrons. The van der Waals surface area contributed by atoms with E-state index >= 15 is 0 Å². The quantitative estimate of drug-likeness (QED) is 0.356. The van der Waals surface area contributed by atoms with E-state index in [-0.39, 0.29) is 23.8 Å². The zero-order valence-electron chi connectivity index (χ0n) is 11.4. The summed E-state index contributed by atoms with van der Waals surface area (Å²) >= 11 is 2.42. The van der Waals surface area contributed by atoms with E-state index in [1.54, 1.807) is 0 Å². The van der Waals surface area contributed by atoms with Gasteiger partial charge >= 0.3 is 12.2 Å². The number of carboxylic acid groups (broad SMARTS) is 1. The molecule has 0 bridgehead atoms. The number of β-lactam (4-membered cyclic amide) rings is 1. The van der Waals surface area contributed by atoms with Crippen molar-refractivity contribution >= 4 is 41.7 Å². The second-order valence-corrected chi connectivity index (χ2v) is 6.95. The maximum Gasteiger partial charge on any atom is 0.512 e. The highest BCUT2D eigenvalue weighted by atomic mass is 32.2. The molecule has 0 unspecified atom stereocenters. The normalized spacial score (nSPS) is 24.6. The Labute approximate surface area is 133 Å². The summed E-state index contributed by atoms with van der Waals surface area (Å²) < 4.78 is 9.74. The average Bonchev–Trinajstić information content (AvgIpc) is 2.66. The van der Waals surface area contributed by atoms with Crippen LogP contribution >= 0.6 is 23.5 Å². The van der Waals surface area contributed by atoms with Crippen molar-refractivity contribution in [2.45, 2.75) is 18.4 Å². The van der Waals surface area contributed by atoms with Crippen LogP contribution < -0.4 is 5.73 Å². The van der Waals surface area contributed by atoms with Gasteiger partial charge in [-0.25, -0.2) is 9.59 Å².